The average Bonchev–Trinajstić information content (AvgIpc) is 2.16. The van der Waals surface area contributed by atoms with Crippen LogP contribution in [0.15, 0.2) is 0 Å². The maximum atomic E-state index is 5.79. The SMILES string of the molecule is CCC12C[C@H]3C[C@@H](C1)CC(NN)(C3)C2. The van der Waals surface area contributed by atoms with Crippen LogP contribution in [0.4, 0.5) is 0 Å². The van der Waals surface area contributed by atoms with Gasteiger partial charge in [0.2, 0.25) is 0 Å². The zero-order valence-corrected chi connectivity index (χ0v) is 9.18. The van der Waals surface area contributed by atoms with E-state index in [9.17, 15) is 0 Å². The second kappa shape index (κ2) is 2.73. The Balaban J connectivity index is 1.94. The predicted octanol–water partition coefficient (Wildman–Crippen LogP) is 2.20. The van der Waals surface area contributed by atoms with Gasteiger partial charge < -0.3 is 0 Å². The van der Waals surface area contributed by atoms with Gasteiger partial charge in [0.05, 0.1) is 0 Å². The van der Waals surface area contributed by atoms with Crippen molar-refractivity contribution in [3.8, 4) is 0 Å². The molecule has 4 fully saturated rings. The molecule has 2 unspecified atom stereocenters. The van der Waals surface area contributed by atoms with Gasteiger partial charge in [-0.05, 0) is 55.8 Å². The van der Waals surface area contributed by atoms with E-state index in [1.807, 2.05) is 0 Å². The van der Waals surface area contributed by atoms with Crippen LogP contribution in [0, 0.1) is 17.3 Å². The van der Waals surface area contributed by atoms with Crippen LogP contribution < -0.4 is 11.3 Å². The van der Waals surface area contributed by atoms with Crippen molar-refractivity contribution in [1.29, 1.82) is 0 Å². The summed E-state index contributed by atoms with van der Waals surface area (Å²) in [5.74, 6) is 7.75. The highest BCUT2D eigenvalue weighted by Crippen LogP contribution is 2.62. The third-order valence-corrected chi connectivity index (χ3v) is 5.24. The molecule has 0 radical (unpaired) electrons. The zero-order chi connectivity index (χ0) is 9.81. The van der Waals surface area contributed by atoms with E-state index in [0.29, 0.717) is 11.0 Å². The van der Waals surface area contributed by atoms with Crippen LogP contribution in [0.3, 0.4) is 0 Å². The lowest BCUT2D eigenvalue weighted by Crippen LogP contribution is -2.63. The summed E-state index contributed by atoms with van der Waals surface area (Å²) in [7, 11) is 0. The van der Waals surface area contributed by atoms with Gasteiger partial charge in [-0.2, -0.15) is 0 Å². The van der Waals surface area contributed by atoms with Crippen LogP contribution >= 0.6 is 0 Å². The van der Waals surface area contributed by atoms with Gasteiger partial charge in [-0.15, -0.1) is 0 Å². The van der Waals surface area contributed by atoms with Crippen molar-refractivity contribution in [2.75, 3.05) is 0 Å². The normalized spacial score (nSPS) is 55.3. The zero-order valence-electron chi connectivity index (χ0n) is 9.18. The van der Waals surface area contributed by atoms with Gasteiger partial charge >= 0.3 is 0 Å². The van der Waals surface area contributed by atoms with Gasteiger partial charge in [0.15, 0.2) is 0 Å². The summed E-state index contributed by atoms with van der Waals surface area (Å²) in [5, 5.41) is 0. The standard InChI is InChI=1S/C12H22N2/c1-2-11-4-9-3-10(5-11)7-12(6-9,8-11)14-13/h9-10,14H,2-8,13H2,1H3/t9-,10+,11?,12?. The largest absolute Gasteiger partial charge is 0.271 e. The summed E-state index contributed by atoms with van der Waals surface area (Å²) >= 11 is 0. The molecule has 80 valence electrons. The maximum absolute atomic E-state index is 5.79. The fourth-order valence-electron chi connectivity index (χ4n) is 5.03. The van der Waals surface area contributed by atoms with Crippen LogP contribution in [0.5, 0.6) is 0 Å². The lowest BCUT2D eigenvalue weighted by molar-refractivity contribution is -0.0834. The Bertz CT molecular complexity index is 213. The van der Waals surface area contributed by atoms with Gasteiger partial charge in [0, 0.05) is 5.54 Å². The van der Waals surface area contributed by atoms with E-state index in [4.69, 9.17) is 5.84 Å². The molecule has 4 saturated carbocycles. The number of rotatable bonds is 2. The van der Waals surface area contributed by atoms with E-state index in [-0.39, 0.29) is 0 Å². The van der Waals surface area contributed by atoms with E-state index in [0.717, 1.165) is 11.8 Å². The summed E-state index contributed by atoms with van der Waals surface area (Å²) in [6.07, 6.45) is 9.88. The van der Waals surface area contributed by atoms with Crippen LogP contribution in [-0.2, 0) is 0 Å². The number of hydrazine groups is 1. The Morgan fingerprint density at radius 2 is 1.86 bits per heavy atom. The number of hydrogen-bond acceptors (Lipinski definition) is 2. The molecule has 4 atom stereocenters. The van der Waals surface area contributed by atoms with Crippen molar-refractivity contribution < 1.29 is 0 Å². The highest BCUT2D eigenvalue weighted by atomic mass is 15.3. The molecule has 3 N–H and O–H groups in total. The summed E-state index contributed by atoms with van der Waals surface area (Å²) in [6, 6.07) is 0. The molecule has 0 aromatic rings. The highest BCUT2D eigenvalue weighted by molar-refractivity contribution is 5.10. The molecule has 0 aromatic heterocycles. The van der Waals surface area contributed by atoms with Crippen LogP contribution in [0.1, 0.15) is 51.9 Å². The molecular formula is C12H22N2. The van der Waals surface area contributed by atoms with E-state index in [2.05, 4.69) is 12.3 Å². The topological polar surface area (TPSA) is 38.0 Å². The van der Waals surface area contributed by atoms with E-state index >= 15 is 0 Å². The molecule has 0 spiro atoms. The summed E-state index contributed by atoms with van der Waals surface area (Å²) < 4.78 is 0. The Hall–Kier alpha value is -0.0800. The third kappa shape index (κ3) is 1.10. The fraction of sp³-hybridized carbons (Fsp3) is 1.00. The smallest absolute Gasteiger partial charge is 0.0332 e. The Morgan fingerprint density at radius 3 is 2.36 bits per heavy atom. The van der Waals surface area contributed by atoms with Crippen molar-refractivity contribution >= 4 is 0 Å². The number of hydrogen-bond donors (Lipinski definition) is 2. The molecule has 2 nitrogen and oxygen atoms in total. The van der Waals surface area contributed by atoms with Crippen LogP contribution in [0.25, 0.3) is 0 Å². The summed E-state index contributed by atoms with van der Waals surface area (Å²) in [5.41, 5.74) is 4.17. The Kier molecular flexibility index (Phi) is 1.79. The van der Waals surface area contributed by atoms with Crippen molar-refractivity contribution in [2.24, 2.45) is 23.1 Å². The van der Waals surface area contributed by atoms with E-state index in [1.165, 1.54) is 44.9 Å². The van der Waals surface area contributed by atoms with E-state index in [1.54, 1.807) is 0 Å². The third-order valence-electron chi connectivity index (χ3n) is 5.24. The first-order valence-electron chi connectivity index (χ1n) is 6.17. The monoisotopic (exact) mass is 194 g/mol. The molecule has 0 heterocycles. The van der Waals surface area contributed by atoms with Crippen LogP contribution in [0.2, 0.25) is 0 Å². The van der Waals surface area contributed by atoms with Crippen molar-refractivity contribution in [3.05, 3.63) is 0 Å². The molecule has 0 aliphatic heterocycles. The molecular weight excluding hydrogens is 172 g/mol. The minimum absolute atomic E-state index is 0.333. The van der Waals surface area contributed by atoms with Gasteiger partial charge in [-0.25, -0.2) is 0 Å². The Labute approximate surface area is 86.6 Å². The van der Waals surface area contributed by atoms with Gasteiger partial charge in [0.1, 0.15) is 0 Å². The number of nitrogens with two attached hydrogens (primary N) is 1. The van der Waals surface area contributed by atoms with Crippen molar-refractivity contribution in [1.82, 2.24) is 5.43 Å². The minimum Gasteiger partial charge on any atom is -0.271 e. The fourth-order valence-corrected chi connectivity index (χ4v) is 5.03. The molecule has 4 bridgehead atoms. The second-order valence-electron chi connectivity index (χ2n) is 6.24. The molecule has 4 rings (SSSR count). The lowest BCUT2D eigenvalue weighted by atomic mass is 9.46. The molecule has 0 aromatic carbocycles. The second-order valence-corrected chi connectivity index (χ2v) is 6.24. The first-order valence-corrected chi connectivity index (χ1v) is 6.17. The van der Waals surface area contributed by atoms with E-state index < -0.39 is 0 Å². The minimum atomic E-state index is 0.333. The summed E-state index contributed by atoms with van der Waals surface area (Å²) in [4.78, 5) is 0. The van der Waals surface area contributed by atoms with Gasteiger partial charge in [0.25, 0.3) is 0 Å². The molecule has 4 aliphatic rings. The van der Waals surface area contributed by atoms with Crippen LogP contribution in [-0.4, -0.2) is 5.54 Å². The van der Waals surface area contributed by atoms with Crippen molar-refractivity contribution in [3.63, 3.8) is 0 Å². The van der Waals surface area contributed by atoms with Gasteiger partial charge in [-0.1, -0.05) is 13.3 Å². The predicted molar refractivity (Wildman–Crippen MR) is 57.5 cm³/mol. The average molecular weight is 194 g/mol. The van der Waals surface area contributed by atoms with Crippen molar-refractivity contribution in [2.45, 2.75) is 57.4 Å². The molecule has 0 amide bonds. The first-order chi connectivity index (χ1) is 6.69. The lowest BCUT2D eigenvalue weighted by Gasteiger charge is -2.62. The first kappa shape index (κ1) is 9.17. The summed E-state index contributed by atoms with van der Waals surface area (Å²) in [6.45, 7) is 2.37. The number of nitrogens with one attached hydrogen (secondary N) is 1. The molecule has 0 saturated heterocycles. The maximum Gasteiger partial charge on any atom is 0.0332 e. The molecule has 14 heavy (non-hydrogen) atoms. The molecule has 2 heteroatoms. The quantitative estimate of drug-likeness (QED) is 0.522. The Morgan fingerprint density at radius 1 is 1.21 bits per heavy atom. The highest BCUT2D eigenvalue weighted by Gasteiger charge is 2.56. The molecule has 4 aliphatic carbocycles. The van der Waals surface area contributed by atoms with Gasteiger partial charge in [-0.3, -0.25) is 11.3 Å².